The molecule has 1 fully saturated rings. The van der Waals surface area contributed by atoms with Gasteiger partial charge in [0.05, 0.1) is 12.2 Å². The van der Waals surface area contributed by atoms with E-state index in [9.17, 15) is 9.90 Å². The van der Waals surface area contributed by atoms with E-state index in [1.165, 1.54) is 0 Å². The summed E-state index contributed by atoms with van der Waals surface area (Å²) >= 11 is 0. The van der Waals surface area contributed by atoms with Crippen LogP contribution in [0, 0.1) is 0 Å². The van der Waals surface area contributed by atoms with Gasteiger partial charge in [-0.25, -0.2) is 5.48 Å². The number of hydrogen-bond acceptors (Lipinski definition) is 4. The van der Waals surface area contributed by atoms with Crippen LogP contribution in [-0.4, -0.2) is 23.2 Å². The molecule has 5 heteroatoms. The molecule has 19 heavy (non-hydrogen) atoms. The van der Waals surface area contributed by atoms with Gasteiger partial charge in [-0.2, -0.15) is 0 Å². The van der Waals surface area contributed by atoms with E-state index in [1.54, 1.807) is 12.1 Å². The van der Waals surface area contributed by atoms with Crippen molar-refractivity contribution < 1.29 is 19.5 Å². The number of fused-ring (bicyclic) bond motifs is 1. The van der Waals surface area contributed by atoms with Crippen molar-refractivity contribution in [3.63, 3.8) is 0 Å². The number of hydroxylamine groups is 1. The van der Waals surface area contributed by atoms with Gasteiger partial charge >= 0.3 is 0 Å². The summed E-state index contributed by atoms with van der Waals surface area (Å²) in [5.41, 5.74) is 3.16. The molecule has 1 aromatic carbocycles. The highest BCUT2D eigenvalue weighted by Crippen LogP contribution is 2.34. The number of aliphatic hydroxyl groups excluding tert-OH is 1. The molecule has 1 saturated carbocycles. The lowest BCUT2D eigenvalue weighted by Crippen LogP contribution is -2.43. The molecule has 3 rings (SSSR count). The number of rotatable bonds is 3. The minimum absolute atomic E-state index is 0.129. The van der Waals surface area contributed by atoms with Crippen molar-refractivity contribution in [2.75, 3.05) is 0 Å². The van der Waals surface area contributed by atoms with E-state index < -0.39 is 12.2 Å². The van der Waals surface area contributed by atoms with Crippen LogP contribution in [-0.2, 0) is 9.63 Å². The monoisotopic (exact) mass is 263 g/mol. The highest BCUT2D eigenvalue weighted by molar-refractivity contribution is 5.80. The number of carbonyl (C=O) groups excluding carboxylic acids is 1. The van der Waals surface area contributed by atoms with E-state index in [2.05, 4.69) is 5.48 Å². The van der Waals surface area contributed by atoms with Crippen LogP contribution in [0.1, 0.15) is 37.4 Å². The molecule has 0 spiro atoms. The number of hydrogen-bond donors (Lipinski definition) is 2. The molecule has 2 N–H and O–H groups in total. The summed E-state index contributed by atoms with van der Waals surface area (Å²) in [4.78, 5) is 17.2. The van der Waals surface area contributed by atoms with Crippen molar-refractivity contribution in [3.05, 3.63) is 29.8 Å². The normalized spacial score (nSPS) is 25.9. The molecule has 102 valence electrons. The molecule has 0 unspecified atom stereocenters. The fraction of sp³-hybridized carbons (Fsp3) is 0.500. The van der Waals surface area contributed by atoms with E-state index >= 15 is 0 Å². The van der Waals surface area contributed by atoms with Crippen LogP contribution in [0.25, 0.3) is 0 Å². The second-order valence-electron chi connectivity index (χ2n) is 5.03. The molecule has 0 bridgehead atoms. The standard InChI is InChI=1S/C14H17NO4/c16-11-8-13(14(17)15-19-9-4-3-5-9)18-12-7-2-1-6-10(11)12/h1-2,6-7,9,11,13,16H,3-5,8H2,(H,15,17)/t11-,13-/m1/s1. The van der Waals surface area contributed by atoms with Gasteiger partial charge in [-0.05, 0) is 25.3 Å². The van der Waals surface area contributed by atoms with Crippen molar-refractivity contribution in [2.45, 2.75) is 44.0 Å². The summed E-state index contributed by atoms with van der Waals surface area (Å²) < 4.78 is 5.60. The summed E-state index contributed by atoms with van der Waals surface area (Å²) in [5, 5.41) is 10.0. The van der Waals surface area contributed by atoms with Crippen LogP contribution in [0.15, 0.2) is 24.3 Å². The van der Waals surface area contributed by atoms with Crippen LogP contribution in [0.5, 0.6) is 5.75 Å². The molecule has 0 saturated heterocycles. The number of aliphatic hydroxyl groups is 1. The second kappa shape index (κ2) is 5.19. The third-order valence-electron chi connectivity index (χ3n) is 3.66. The average Bonchev–Trinajstić information content (AvgIpc) is 2.36. The van der Waals surface area contributed by atoms with Crippen molar-refractivity contribution in [1.29, 1.82) is 0 Å². The fourth-order valence-electron chi connectivity index (χ4n) is 2.25. The van der Waals surface area contributed by atoms with E-state index in [1.807, 2.05) is 12.1 Å². The van der Waals surface area contributed by atoms with Gasteiger partial charge in [0, 0.05) is 12.0 Å². The first-order valence-corrected chi connectivity index (χ1v) is 6.63. The summed E-state index contributed by atoms with van der Waals surface area (Å²) in [6.07, 6.45) is 2.11. The Morgan fingerprint density at radius 1 is 1.37 bits per heavy atom. The fourth-order valence-corrected chi connectivity index (χ4v) is 2.25. The van der Waals surface area contributed by atoms with Crippen molar-refractivity contribution >= 4 is 5.91 Å². The Labute approximate surface area is 111 Å². The van der Waals surface area contributed by atoms with Crippen LogP contribution in [0.4, 0.5) is 0 Å². The first-order valence-electron chi connectivity index (χ1n) is 6.63. The van der Waals surface area contributed by atoms with Crippen LogP contribution in [0.2, 0.25) is 0 Å². The molecular formula is C14H17NO4. The second-order valence-corrected chi connectivity index (χ2v) is 5.03. The minimum Gasteiger partial charge on any atom is -0.480 e. The molecule has 0 radical (unpaired) electrons. The Hall–Kier alpha value is -1.59. The summed E-state index contributed by atoms with van der Waals surface area (Å²) in [6, 6.07) is 7.21. The lowest BCUT2D eigenvalue weighted by atomic mass is 9.97. The number of nitrogens with one attached hydrogen (secondary N) is 1. The van der Waals surface area contributed by atoms with Gasteiger partial charge in [-0.15, -0.1) is 0 Å². The number of carbonyl (C=O) groups is 1. The maximum absolute atomic E-state index is 11.9. The summed E-state index contributed by atoms with van der Waals surface area (Å²) in [5.74, 6) is 0.227. The van der Waals surface area contributed by atoms with E-state index in [4.69, 9.17) is 9.57 Å². The van der Waals surface area contributed by atoms with Gasteiger partial charge in [0.2, 0.25) is 0 Å². The van der Waals surface area contributed by atoms with E-state index in [0.717, 1.165) is 24.8 Å². The molecule has 1 aliphatic heterocycles. The number of amides is 1. The van der Waals surface area contributed by atoms with Crippen molar-refractivity contribution in [3.8, 4) is 5.75 Å². The predicted octanol–water partition coefficient (Wildman–Crippen LogP) is 1.47. The van der Waals surface area contributed by atoms with Gasteiger partial charge in [0.25, 0.3) is 5.91 Å². The maximum Gasteiger partial charge on any atom is 0.284 e. The Balaban J connectivity index is 1.61. The molecule has 1 amide bonds. The largest absolute Gasteiger partial charge is 0.480 e. The average molecular weight is 263 g/mol. The Morgan fingerprint density at radius 3 is 2.89 bits per heavy atom. The zero-order chi connectivity index (χ0) is 13.2. The highest BCUT2D eigenvalue weighted by atomic mass is 16.7. The van der Waals surface area contributed by atoms with Crippen molar-refractivity contribution in [1.82, 2.24) is 5.48 Å². The van der Waals surface area contributed by atoms with Crippen LogP contribution >= 0.6 is 0 Å². The molecule has 2 atom stereocenters. The third kappa shape index (κ3) is 2.57. The van der Waals surface area contributed by atoms with Crippen molar-refractivity contribution in [2.24, 2.45) is 0 Å². The number of para-hydroxylation sites is 1. The summed E-state index contributed by atoms with van der Waals surface area (Å²) in [7, 11) is 0. The molecule has 1 aromatic rings. The lowest BCUT2D eigenvalue weighted by Gasteiger charge is -2.30. The Kier molecular flexibility index (Phi) is 3.40. The maximum atomic E-state index is 11.9. The molecule has 0 aromatic heterocycles. The van der Waals surface area contributed by atoms with E-state index in [0.29, 0.717) is 5.75 Å². The van der Waals surface area contributed by atoms with Crippen LogP contribution < -0.4 is 10.2 Å². The minimum atomic E-state index is -0.704. The lowest BCUT2D eigenvalue weighted by molar-refractivity contribution is -0.152. The molecule has 5 nitrogen and oxygen atoms in total. The van der Waals surface area contributed by atoms with Gasteiger partial charge in [-0.3, -0.25) is 9.63 Å². The zero-order valence-corrected chi connectivity index (χ0v) is 10.5. The first kappa shape index (κ1) is 12.4. The summed E-state index contributed by atoms with van der Waals surface area (Å²) in [6.45, 7) is 0. The predicted molar refractivity (Wildman–Crippen MR) is 67.3 cm³/mol. The molecule has 1 heterocycles. The molecule has 2 aliphatic rings. The van der Waals surface area contributed by atoms with Gasteiger partial charge < -0.3 is 9.84 Å². The first-order chi connectivity index (χ1) is 9.24. The third-order valence-corrected chi connectivity index (χ3v) is 3.66. The highest BCUT2D eigenvalue weighted by Gasteiger charge is 2.32. The van der Waals surface area contributed by atoms with Gasteiger partial charge in [0.15, 0.2) is 6.10 Å². The smallest absolute Gasteiger partial charge is 0.284 e. The topological polar surface area (TPSA) is 67.8 Å². The van der Waals surface area contributed by atoms with Gasteiger partial charge in [0.1, 0.15) is 5.75 Å². The number of benzene rings is 1. The SMILES string of the molecule is O=C(NOC1CCC1)[C@H]1C[C@@H](O)c2ccccc2O1. The number of ether oxygens (including phenoxy) is 1. The molecular weight excluding hydrogens is 246 g/mol. The van der Waals surface area contributed by atoms with Gasteiger partial charge in [-0.1, -0.05) is 18.2 Å². The molecule has 1 aliphatic carbocycles. The Bertz CT molecular complexity index is 472. The van der Waals surface area contributed by atoms with E-state index in [-0.39, 0.29) is 18.4 Å². The quantitative estimate of drug-likeness (QED) is 0.810. The van der Waals surface area contributed by atoms with Crippen LogP contribution in [0.3, 0.4) is 0 Å². The zero-order valence-electron chi connectivity index (χ0n) is 10.5. The Morgan fingerprint density at radius 2 is 2.16 bits per heavy atom.